The number of nitriles is 1. The molecule has 0 atom stereocenters. The highest BCUT2D eigenvalue weighted by Crippen LogP contribution is 2.40. The van der Waals surface area contributed by atoms with Crippen molar-refractivity contribution in [1.29, 1.82) is 5.26 Å². The molecule has 5 heteroatoms. The second kappa shape index (κ2) is 9.95. The molecule has 0 saturated carbocycles. The smallest absolute Gasteiger partial charge is 0.266 e. The van der Waals surface area contributed by atoms with Crippen LogP contribution in [0.5, 0.6) is 5.75 Å². The fourth-order valence-corrected chi connectivity index (χ4v) is 4.34. The van der Waals surface area contributed by atoms with Crippen molar-refractivity contribution in [2.24, 2.45) is 0 Å². The maximum Gasteiger partial charge on any atom is 0.266 e. The normalized spacial score (nSPS) is 14.8. The average molecular weight is 444 g/mol. The largest absolute Gasteiger partial charge is 0.494 e. The fraction of sp³-hybridized carbons (Fsp3) is 0.357. The molecule has 172 valence electrons. The Balaban J connectivity index is 1.92. The van der Waals surface area contributed by atoms with Gasteiger partial charge in [0.2, 0.25) is 0 Å². The second-order valence-corrected chi connectivity index (χ2v) is 8.94. The van der Waals surface area contributed by atoms with Gasteiger partial charge in [0.25, 0.3) is 5.91 Å². The zero-order chi connectivity index (χ0) is 24.2. The summed E-state index contributed by atoms with van der Waals surface area (Å²) in [4.78, 5) is 15.2. The Morgan fingerprint density at radius 1 is 1.18 bits per heavy atom. The van der Waals surface area contributed by atoms with Crippen LogP contribution < -0.4 is 15.0 Å². The van der Waals surface area contributed by atoms with E-state index in [9.17, 15) is 10.1 Å². The van der Waals surface area contributed by atoms with E-state index in [-0.39, 0.29) is 11.1 Å². The number of fused-ring (bicyclic) bond motifs is 1. The van der Waals surface area contributed by atoms with Crippen LogP contribution in [0.1, 0.15) is 57.7 Å². The monoisotopic (exact) mass is 443 g/mol. The van der Waals surface area contributed by atoms with E-state index in [4.69, 9.17) is 4.74 Å². The van der Waals surface area contributed by atoms with Gasteiger partial charge in [-0.2, -0.15) is 5.26 Å². The molecule has 1 N–H and O–H groups in total. The van der Waals surface area contributed by atoms with Crippen LogP contribution in [-0.2, 0) is 4.79 Å². The molecule has 1 heterocycles. The highest BCUT2D eigenvalue weighted by atomic mass is 16.5. The Bertz CT molecular complexity index is 1130. The molecule has 2 aromatic rings. The third-order valence-corrected chi connectivity index (χ3v) is 5.90. The molecule has 0 spiro atoms. The topological polar surface area (TPSA) is 65.4 Å². The minimum atomic E-state index is -0.431. The van der Waals surface area contributed by atoms with E-state index < -0.39 is 5.91 Å². The maximum absolute atomic E-state index is 12.8. The lowest BCUT2D eigenvalue weighted by Crippen LogP contribution is -2.45. The van der Waals surface area contributed by atoms with Crippen LogP contribution in [0.15, 0.2) is 48.0 Å². The lowest BCUT2D eigenvalue weighted by atomic mass is 9.86. The lowest BCUT2D eigenvalue weighted by molar-refractivity contribution is -0.112. The molecule has 2 aromatic carbocycles. The van der Waals surface area contributed by atoms with Gasteiger partial charge in [-0.05, 0) is 100 Å². The number of carbonyl (C=O) groups is 1. The predicted molar refractivity (Wildman–Crippen MR) is 136 cm³/mol. The van der Waals surface area contributed by atoms with Crippen molar-refractivity contribution in [1.82, 2.24) is 0 Å². The Morgan fingerprint density at radius 2 is 1.88 bits per heavy atom. The zero-order valence-corrected chi connectivity index (χ0v) is 20.5. The van der Waals surface area contributed by atoms with Gasteiger partial charge in [0.15, 0.2) is 0 Å². The van der Waals surface area contributed by atoms with E-state index in [1.807, 2.05) is 13.8 Å². The molecule has 0 saturated heterocycles. The van der Waals surface area contributed by atoms with E-state index in [2.05, 4.69) is 62.2 Å². The first-order chi connectivity index (χ1) is 15.7. The average Bonchev–Trinajstić information content (AvgIpc) is 2.76. The summed E-state index contributed by atoms with van der Waals surface area (Å²) in [6.07, 6.45) is 5.02. The summed E-state index contributed by atoms with van der Waals surface area (Å²) in [7, 11) is 0. The highest BCUT2D eigenvalue weighted by molar-refractivity contribution is 6.09. The highest BCUT2D eigenvalue weighted by Gasteiger charge is 2.31. The Morgan fingerprint density at radius 3 is 2.48 bits per heavy atom. The summed E-state index contributed by atoms with van der Waals surface area (Å²) in [5, 5.41) is 12.5. The van der Waals surface area contributed by atoms with E-state index in [0.717, 1.165) is 35.4 Å². The van der Waals surface area contributed by atoms with Crippen LogP contribution in [-0.4, -0.2) is 24.6 Å². The summed E-state index contributed by atoms with van der Waals surface area (Å²) < 4.78 is 5.43. The van der Waals surface area contributed by atoms with Gasteiger partial charge in [-0.25, -0.2) is 0 Å². The second-order valence-electron chi connectivity index (χ2n) is 8.94. The first kappa shape index (κ1) is 24.1. The van der Waals surface area contributed by atoms with Crippen molar-refractivity contribution < 1.29 is 9.53 Å². The van der Waals surface area contributed by atoms with Crippen LogP contribution >= 0.6 is 0 Å². The minimum absolute atomic E-state index is 0.0632. The van der Waals surface area contributed by atoms with Gasteiger partial charge in [0, 0.05) is 23.5 Å². The molecule has 1 aliphatic heterocycles. The van der Waals surface area contributed by atoms with E-state index >= 15 is 0 Å². The van der Waals surface area contributed by atoms with Crippen molar-refractivity contribution in [3.8, 4) is 11.8 Å². The molecule has 1 amide bonds. The lowest BCUT2D eigenvalue weighted by Gasteiger charge is -2.43. The first-order valence-corrected chi connectivity index (χ1v) is 11.5. The molecule has 0 fully saturated rings. The van der Waals surface area contributed by atoms with Crippen molar-refractivity contribution in [3.05, 3.63) is 64.7 Å². The number of ether oxygens (including phenoxy) is 1. The first-order valence-electron chi connectivity index (χ1n) is 11.5. The molecule has 1 aliphatic rings. The molecule has 0 aliphatic carbocycles. The predicted octanol–water partition coefficient (Wildman–Crippen LogP) is 6.35. The van der Waals surface area contributed by atoms with Crippen LogP contribution in [0, 0.1) is 18.3 Å². The van der Waals surface area contributed by atoms with Crippen molar-refractivity contribution >= 4 is 28.9 Å². The molecule has 0 bridgehead atoms. The number of hydrogen-bond acceptors (Lipinski definition) is 4. The van der Waals surface area contributed by atoms with Gasteiger partial charge < -0.3 is 15.0 Å². The molecular formula is C28H33N3O2. The Labute approximate surface area is 197 Å². The number of nitrogens with one attached hydrogen (secondary N) is 1. The molecule has 0 aromatic heterocycles. The molecule has 3 rings (SSSR count). The molecule has 0 unspecified atom stereocenters. The van der Waals surface area contributed by atoms with Gasteiger partial charge in [-0.3, -0.25) is 4.79 Å². The summed E-state index contributed by atoms with van der Waals surface area (Å²) >= 11 is 0. The third kappa shape index (κ3) is 5.28. The summed E-state index contributed by atoms with van der Waals surface area (Å²) in [6.45, 7) is 14.3. The molecule has 33 heavy (non-hydrogen) atoms. The van der Waals surface area contributed by atoms with Gasteiger partial charge in [-0.1, -0.05) is 13.0 Å². The zero-order valence-electron chi connectivity index (χ0n) is 20.5. The maximum atomic E-state index is 12.8. The summed E-state index contributed by atoms with van der Waals surface area (Å²) in [6, 6.07) is 13.4. The van der Waals surface area contributed by atoms with E-state index in [1.54, 1.807) is 30.3 Å². The van der Waals surface area contributed by atoms with Crippen molar-refractivity contribution in [2.75, 3.05) is 23.4 Å². The number of aryl methyl sites for hydroxylation is 1. The van der Waals surface area contributed by atoms with Crippen LogP contribution in [0.3, 0.4) is 0 Å². The summed E-state index contributed by atoms with van der Waals surface area (Å²) in [5.74, 6) is 0.305. The number of rotatable bonds is 7. The Kier molecular flexibility index (Phi) is 7.28. The van der Waals surface area contributed by atoms with Crippen LogP contribution in [0.2, 0.25) is 0 Å². The van der Waals surface area contributed by atoms with Crippen LogP contribution in [0.25, 0.3) is 11.6 Å². The number of hydrogen-bond donors (Lipinski definition) is 1. The minimum Gasteiger partial charge on any atom is -0.494 e. The molecule has 0 radical (unpaired) electrons. The summed E-state index contributed by atoms with van der Waals surface area (Å²) in [5.41, 5.74) is 6.06. The number of carbonyl (C=O) groups excluding carboxylic acids is 1. The molecule has 5 nitrogen and oxygen atoms in total. The van der Waals surface area contributed by atoms with Gasteiger partial charge in [0.1, 0.15) is 17.4 Å². The van der Waals surface area contributed by atoms with Crippen molar-refractivity contribution in [2.45, 2.75) is 53.5 Å². The van der Waals surface area contributed by atoms with Gasteiger partial charge >= 0.3 is 0 Å². The number of nitrogens with zero attached hydrogens (tertiary/aromatic N) is 2. The number of allylic oxidation sites excluding steroid dienone is 1. The van der Waals surface area contributed by atoms with Crippen LogP contribution in [0.4, 0.5) is 11.4 Å². The van der Waals surface area contributed by atoms with Gasteiger partial charge in [-0.15, -0.1) is 0 Å². The number of amides is 1. The standard InChI is InChI=1S/C28H33N3O2/c1-7-13-31-26-14-19(3)21(16-25(26)20(4)17-28(31,5)6)15-22(18-29)27(32)30-23-9-11-24(12-10-23)33-8-2/h9-12,14-17H,7-8,13H2,1-6H3,(H,30,32)/b22-15+. The molecular weight excluding hydrogens is 410 g/mol. The van der Waals surface area contributed by atoms with E-state index in [1.165, 1.54) is 11.3 Å². The van der Waals surface area contributed by atoms with Gasteiger partial charge in [0.05, 0.1) is 12.1 Å². The SMILES string of the molecule is CCCN1c2cc(C)c(/C=C(\C#N)C(=O)Nc3ccc(OCC)cc3)cc2C(C)=CC1(C)C. The number of benzene rings is 2. The van der Waals surface area contributed by atoms with E-state index in [0.29, 0.717) is 12.3 Å². The number of anilines is 2. The third-order valence-electron chi connectivity index (χ3n) is 5.90. The fourth-order valence-electron chi connectivity index (χ4n) is 4.34. The quantitative estimate of drug-likeness (QED) is 0.400. The Hall–Kier alpha value is -3.52. The van der Waals surface area contributed by atoms with Crippen molar-refractivity contribution in [3.63, 3.8) is 0 Å².